The number of nitrogens with zero attached hydrogens (tertiary/aromatic N) is 3. The van der Waals surface area contributed by atoms with Gasteiger partial charge in [-0.15, -0.1) is 0 Å². The molecule has 0 aliphatic carbocycles. The summed E-state index contributed by atoms with van der Waals surface area (Å²) in [7, 11) is 0. The van der Waals surface area contributed by atoms with Crippen molar-refractivity contribution in [3.8, 4) is 0 Å². The van der Waals surface area contributed by atoms with Gasteiger partial charge in [-0.3, -0.25) is 0 Å². The van der Waals surface area contributed by atoms with Crippen LogP contribution in [-0.4, -0.2) is 23.1 Å². The second kappa shape index (κ2) is 7.95. The standard InChI is InChI=1S/C19H28N4/c1-6-11-23(12-7-2)18-13-17(20-16(5)21-18)22-19-14(3)9-8-10-15(19)4/h8-10,13H,6-7,11-12H2,1-5H3,(H,20,21,22). The zero-order chi connectivity index (χ0) is 16.8. The third-order valence-electron chi connectivity index (χ3n) is 3.87. The maximum absolute atomic E-state index is 4.63. The van der Waals surface area contributed by atoms with E-state index in [1.54, 1.807) is 0 Å². The Morgan fingerprint density at radius 1 is 0.957 bits per heavy atom. The average molecular weight is 312 g/mol. The zero-order valence-electron chi connectivity index (χ0n) is 15.0. The molecule has 0 radical (unpaired) electrons. The van der Waals surface area contributed by atoms with E-state index >= 15 is 0 Å². The molecule has 2 rings (SSSR count). The van der Waals surface area contributed by atoms with Gasteiger partial charge in [0.15, 0.2) is 0 Å². The molecule has 1 aromatic carbocycles. The summed E-state index contributed by atoms with van der Waals surface area (Å²) in [5.41, 5.74) is 3.58. The zero-order valence-corrected chi connectivity index (χ0v) is 15.0. The quantitative estimate of drug-likeness (QED) is 0.799. The summed E-state index contributed by atoms with van der Waals surface area (Å²) in [5, 5.41) is 3.48. The van der Waals surface area contributed by atoms with Crippen LogP contribution in [0.2, 0.25) is 0 Å². The smallest absolute Gasteiger partial charge is 0.136 e. The normalized spacial score (nSPS) is 10.7. The Hall–Kier alpha value is -2.10. The first-order valence-electron chi connectivity index (χ1n) is 8.49. The molecule has 0 saturated carbocycles. The van der Waals surface area contributed by atoms with Crippen LogP contribution in [0.1, 0.15) is 43.6 Å². The summed E-state index contributed by atoms with van der Waals surface area (Å²) < 4.78 is 0. The lowest BCUT2D eigenvalue weighted by Gasteiger charge is -2.23. The molecule has 1 N–H and O–H groups in total. The summed E-state index contributed by atoms with van der Waals surface area (Å²) in [6.07, 6.45) is 2.23. The maximum Gasteiger partial charge on any atom is 0.136 e. The van der Waals surface area contributed by atoms with Crippen molar-refractivity contribution < 1.29 is 0 Å². The second-order valence-corrected chi connectivity index (χ2v) is 6.04. The van der Waals surface area contributed by atoms with Crippen LogP contribution in [0.3, 0.4) is 0 Å². The number of hydrogen-bond acceptors (Lipinski definition) is 4. The fourth-order valence-electron chi connectivity index (χ4n) is 2.80. The molecule has 0 spiro atoms. The van der Waals surface area contributed by atoms with Crippen LogP contribution in [0.25, 0.3) is 0 Å². The summed E-state index contributed by atoms with van der Waals surface area (Å²) in [6, 6.07) is 8.37. The van der Waals surface area contributed by atoms with Crippen LogP contribution in [0.5, 0.6) is 0 Å². The van der Waals surface area contributed by atoms with E-state index in [1.807, 2.05) is 6.92 Å². The second-order valence-electron chi connectivity index (χ2n) is 6.04. The van der Waals surface area contributed by atoms with Crippen molar-refractivity contribution in [3.63, 3.8) is 0 Å². The molecular formula is C19H28N4. The van der Waals surface area contributed by atoms with E-state index in [9.17, 15) is 0 Å². The fourth-order valence-corrected chi connectivity index (χ4v) is 2.80. The fraction of sp³-hybridized carbons (Fsp3) is 0.474. The molecule has 0 bridgehead atoms. The van der Waals surface area contributed by atoms with Crippen LogP contribution in [0.15, 0.2) is 24.3 Å². The van der Waals surface area contributed by atoms with Gasteiger partial charge in [0.25, 0.3) is 0 Å². The lowest BCUT2D eigenvalue weighted by atomic mass is 10.1. The van der Waals surface area contributed by atoms with E-state index in [0.29, 0.717) is 0 Å². The van der Waals surface area contributed by atoms with Crippen molar-refractivity contribution >= 4 is 17.3 Å². The minimum absolute atomic E-state index is 0.799. The van der Waals surface area contributed by atoms with Crippen molar-refractivity contribution in [2.45, 2.75) is 47.5 Å². The number of rotatable bonds is 7. The Bertz CT molecular complexity index is 626. The summed E-state index contributed by atoms with van der Waals surface area (Å²) in [5.74, 6) is 2.67. The number of hydrogen-bond donors (Lipinski definition) is 1. The van der Waals surface area contributed by atoms with Crippen LogP contribution < -0.4 is 10.2 Å². The Morgan fingerprint density at radius 2 is 1.57 bits per heavy atom. The maximum atomic E-state index is 4.63. The first kappa shape index (κ1) is 17.3. The number of aromatic nitrogens is 2. The summed E-state index contributed by atoms with van der Waals surface area (Å²) in [6.45, 7) is 12.6. The van der Waals surface area contributed by atoms with E-state index in [2.05, 4.69) is 72.1 Å². The van der Waals surface area contributed by atoms with Crippen LogP contribution in [0.4, 0.5) is 17.3 Å². The van der Waals surface area contributed by atoms with Gasteiger partial charge in [-0.25, -0.2) is 9.97 Å². The number of nitrogens with one attached hydrogen (secondary N) is 1. The third-order valence-corrected chi connectivity index (χ3v) is 3.87. The molecule has 23 heavy (non-hydrogen) atoms. The van der Waals surface area contributed by atoms with Crippen LogP contribution in [0, 0.1) is 20.8 Å². The van der Waals surface area contributed by atoms with Crippen molar-refractivity contribution in [1.29, 1.82) is 0 Å². The number of benzene rings is 1. The molecule has 2 aromatic rings. The van der Waals surface area contributed by atoms with Gasteiger partial charge in [0, 0.05) is 24.8 Å². The Balaban J connectivity index is 2.33. The highest BCUT2D eigenvalue weighted by Crippen LogP contribution is 2.25. The van der Waals surface area contributed by atoms with Crippen molar-refractivity contribution in [2.24, 2.45) is 0 Å². The van der Waals surface area contributed by atoms with Gasteiger partial charge in [-0.1, -0.05) is 32.0 Å². The Kier molecular flexibility index (Phi) is 5.97. The highest BCUT2D eigenvalue weighted by atomic mass is 15.2. The molecule has 4 nitrogen and oxygen atoms in total. The van der Waals surface area contributed by atoms with Crippen LogP contribution in [-0.2, 0) is 0 Å². The molecule has 0 atom stereocenters. The topological polar surface area (TPSA) is 41.0 Å². The van der Waals surface area contributed by atoms with Crippen molar-refractivity contribution in [2.75, 3.05) is 23.3 Å². The first-order valence-corrected chi connectivity index (χ1v) is 8.49. The molecule has 0 unspecified atom stereocenters. The van der Waals surface area contributed by atoms with E-state index in [-0.39, 0.29) is 0 Å². The lowest BCUT2D eigenvalue weighted by Crippen LogP contribution is -2.26. The number of aryl methyl sites for hydroxylation is 3. The minimum Gasteiger partial charge on any atom is -0.356 e. The largest absolute Gasteiger partial charge is 0.356 e. The van der Waals surface area contributed by atoms with E-state index in [4.69, 9.17) is 0 Å². The molecular weight excluding hydrogens is 284 g/mol. The Morgan fingerprint density at radius 3 is 2.13 bits per heavy atom. The first-order chi connectivity index (χ1) is 11.0. The monoisotopic (exact) mass is 312 g/mol. The summed E-state index contributed by atoms with van der Waals surface area (Å²) >= 11 is 0. The molecule has 0 saturated heterocycles. The molecule has 124 valence electrons. The predicted molar refractivity (Wildman–Crippen MR) is 98.8 cm³/mol. The van der Waals surface area contributed by atoms with Gasteiger partial charge in [-0.2, -0.15) is 0 Å². The number of para-hydroxylation sites is 1. The highest BCUT2D eigenvalue weighted by molar-refractivity contribution is 5.66. The molecule has 4 heteroatoms. The lowest BCUT2D eigenvalue weighted by molar-refractivity contribution is 0.730. The van der Waals surface area contributed by atoms with Crippen molar-refractivity contribution in [1.82, 2.24) is 9.97 Å². The van der Waals surface area contributed by atoms with Gasteiger partial charge < -0.3 is 10.2 Å². The van der Waals surface area contributed by atoms with Crippen LogP contribution >= 0.6 is 0 Å². The SMILES string of the molecule is CCCN(CCC)c1cc(Nc2c(C)cccc2C)nc(C)n1. The Labute approximate surface area is 140 Å². The van der Waals surface area contributed by atoms with Gasteiger partial charge in [0.1, 0.15) is 17.5 Å². The van der Waals surface area contributed by atoms with Gasteiger partial charge in [0.05, 0.1) is 0 Å². The van der Waals surface area contributed by atoms with Gasteiger partial charge >= 0.3 is 0 Å². The average Bonchev–Trinajstić information content (AvgIpc) is 2.50. The molecule has 1 aromatic heterocycles. The van der Waals surface area contributed by atoms with Gasteiger partial charge in [0.2, 0.25) is 0 Å². The molecule has 1 heterocycles. The van der Waals surface area contributed by atoms with E-state index in [1.165, 1.54) is 11.1 Å². The molecule has 0 amide bonds. The molecule has 0 aliphatic heterocycles. The molecule has 0 fully saturated rings. The highest BCUT2D eigenvalue weighted by Gasteiger charge is 2.10. The van der Waals surface area contributed by atoms with Crippen molar-refractivity contribution in [3.05, 3.63) is 41.2 Å². The predicted octanol–water partition coefficient (Wildman–Crippen LogP) is 4.77. The van der Waals surface area contributed by atoms with E-state index in [0.717, 1.165) is 49.1 Å². The molecule has 0 aliphatic rings. The third kappa shape index (κ3) is 4.44. The van der Waals surface area contributed by atoms with Gasteiger partial charge in [-0.05, 0) is 44.7 Å². The summed E-state index contributed by atoms with van der Waals surface area (Å²) in [4.78, 5) is 11.5. The number of anilines is 3. The minimum atomic E-state index is 0.799. The van der Waals surface area contributed by atoms with E-state index < -0.39 is 0 Å².